The van der Waals surface area contributed by atoms with Gasteiger partial charge in [-0.3, -0.25) is 0 Å². The Labute approximate surface area is 83.9 Å². The first kappa shape index (κ1) is 10.8. The number of hydrogen-bond donors (Lipinski definition) is 1. The second kappa shape index (κ2) is 3.84. The quantitative estimate of drug-likeness (QED) is 0.560. The van der Waals surface area contributed by atoms with Crippen LogP contribution >= 0.6 is 24.4 Å². The Bertz CT molecular complexity index is 307. The third-order valence-electron chi connectivity index (χ3n) is 1.51. The summed E-state index contributed by atoms with van der Waals surface area (Å²) in [4.78, 5) is 1.11. The van der Waals surface area contributed by atoms with Gasteiger partial charge in [0.15, 0.2) is 0 Å². The van der Waals surface area contributed by atoms with Gasteiger partial charge in [-0.05, 0) is 24.5 Å². The average molecular weight is 224 g/mol. The fraction of sp³-hybridized carbons (Fsp3) is 0.250. The summed E-state index contributed by atoms with van der Waals surface area (Å²) in [6, 6.07) is 3.49. The van der Waals surface area contributed by atoms with Crippen molar-refractivity contribution in [3.63, 3.8) is 0 Å². The van der Waals surface area contributed by atoms with Gasteiger partial charge in [0.05, 0.1) is 5.56 Å². The molecule has 0 unspecified atom stereocenters. The number of thioether (sulfide) groups is 1. The van der Waals surface area contributed by atoms with Gasteiger partial charge >= 0.3 is 6.18 Å². The van der Waals surface area contributed by atoms with Gasteiger partial charge in [0.25, 0.3) is 0 Å². The van der Waals surface area contributed by atoms with Crippen LogP contribution in [0.25, 0.3) is 0 Å². The van der Waals surface area contributed by atoms with Crippen LogP contribution in [0.4, 0.5) is 13.2 Å². The lowest BCUT2D eigenvalue weighted by Gasteiger charge is -2.08. The van der Waals surface area contributed by atoms with E-state index in [2.05, 4.69) is 12.6 Å². The Balaban J connectivity index is 3.14. The van der Waals surface area contributed by atoms with Gasteiger partial charge in [0.2, 0.25) is 0 Å². The zero-order chi connectivity index (χ0) is 10.1. The smallest absolute Gasteiger partial charge is 0.166 e. The molecular formula is C8H7F3S2. The van der Waals surface area contributed by atoms with Gasteiger partial charge in [0, 0.05) is 9.79 Å². The molecule has 0 N–H and O–H groups in total. The first-order chi connectivity index (χ1) is 5.95. The van der Waals surface area contributed by atoms with E-state index in [0.717, 1.165) is 12.1 Å². The van der Waals surface area contributed by atoms with Crippen LogP contribution in [0.3, 0.4) is 0 Å². The van der Waals surface area contributed by atoms with E-state index in [4.69, 9.17) is 0 Å². The fourth-order valence-corrected chi connectivity index (χ4v) is 1.79. The Morgan fingerprint density at radius 2 is 1.92 bits per heavy atom. The molecule has 0 amide bonds. The molecule has 0 aliphatic carbocycles. The summed E-state index contributed by atoms with van der Waals surface area (Å²) in [7, 11) is 0. The minimum atomic E-state index is -4.27. The predicted octanol–water partition coefficient (Wildman–Crippen LogP) is 3.72. The van der Waals surface area contributed by atoms with E-state index in [1.807, 2.05) is 0 Å². The molecule has 0 aromatic heterocycles. The van der Waals surface area contributed by atoms with Crippen LogP contribution in [0.15, 0.2) is 28.0 Å². The normalized spacial score (nSPS) is 11.8. The summed E-state index contributed by atoms with van der Waals surface area (Å²) in [6.07, 6.45) is -2.55. The van der Waals surface area contributed by atoms with Crippen molar-refractivity contribution in [3.05, 3.63) is 23.8 Å². The van der Waals surface area contributed by atoms with Gasteiger partial charge in [-0.1, -0.05) is 0 Å². The molecule has 13 heavy (non-hydrogen) atoms. The molecule has 1 aromatic rings. The molecule has 0 heterocycles. The highest BCUT2D eigenvalue weighted by Crippen LogP contribution is 2.33. The Morgan fingerprint density at radius 3 is 2.38 bits per heavy atom. The Morgan fingerprint density at radius 1 is 1.31 bits per heavy atom. The van der Waals surface area contributed by atoms with Crippen LogP contribution in [-0.2, 0) is 6.18 Å². The van der Waals surface area contributed by atoms with Gasteiger partial charge in [-0.15, -0.1) is 24.4 Å². The van der Waals surface area contributed by atoms with Gasteiger partial charge < -0.3 is 0 Å². The molecule has 0 radical (unpaired) electrons. The molecule has 5 heteroatoms. The third-order valence-corrected chi connectivity index (χ3v) is 2.83. The van der Waals surface area contributed by atoms with Crippen LogP contribution in [-0.4, -0.2) is 6.26 Å². The molecule has 0 nitrogen and oxygen atoms in total. The van der Waals surface area contributed by atoms with E-state index < -0.39 is 11.7 Å². The van der Waals surface area contributed by atoms with Crippen molar-refractivity contribution in [3.8, 4) is 0 Å². The lowest BCUT2D eigenvalue weighted by atomic mass is 10.2. The molecular weight excluding hydrogens is 217 g/mol. The van der Waals surface area contributed by atoms with Crippen molar-refractivity contribution >= 4 is 24.4 Å². The molecule has 0 saturated heterocycles. The monoisotopic (exact) mass is 224 g/mol. The van der Waals surface area contributed by atoms with Crippen molar-refractivity contribution in [1.82, 2.24) is 0 Å². The van der Waals surface area contributed by atoms with Crippen molar-refractivity contribution < 1.29 is 13.2 Å². The van der Waals surface area contributed by atoms with E-state index in [1.165, 1.54) is 17.8 Å². The first-order valence-corrected chi connectivity index (χ1v) is 5.06. The summed E-state index contributed by atoms with van der Waals surface area (Å²) >= 11 is 5.28. The van der Waals surface area contributed by atoms with Gasteiger partial charge in [-0.2, -0.15) is 13.2 Å². The largest absolute Gasteiger partial charge is 0.416 e. The van der Waals surface area contributed by atoms with E-state index in [1.54, 1.807) is 6.26 Å². The summed E-state index contributed by atoms with van der Waals surface area (Å²) in [6.45, 7) is 0. The Kier molecular flexibility index (Phi) is 3.18. The minimum Gasteiger partial charge on any atom is -0.166 e. The molecule has 72 valence electrons. The zero-order valence-corrected chi connectivity index (χ0v) is 8.43. The van der Waals surface area contributed by atoms with Crippen molar-refractivity contribution in [2.24, 2.45) is 0 Å². The van der Waals surface area contributed by atoms with Crippen LogP contribution in [0.1, 0.15) is 5.56 Å². The molecule has 0 bridgehead atoms. The molecule has 1 rings (SSSR count). The highest BCUT2D eigenvalue weighted by Gasteiger charge is 2.30. The van der Waals surface area contributed by atoms with E-state index in [9.17, 15) is 13.2 Å². The van der Waals surface area contributed by atoms with Crippen LogP contribution in [0, 0.1) is 0 Å². The number of halogens is 3. The molecule has 0 aliphatic rings. The topological polar surface area (TPSA) is 0 Å². The minimum absolute atomic E-state index is 0.540. The lowest BCUT2D eigenvalue weighted by molar-refractivity contribution is -0.137. The molecule has 0 spiro atoms. The van der Waals surface area contributed by atoms with Crippen molar-refractivity contribution in [1.29, 1.82) is 0 Å². The number of benzene rings is 1. The standard InChI is InChI=1S/C8H7F3S2/c1-13-7-4-5(8(9,10)11)2-3-6(7)12/h2-4,12H,1H3. The van der Waals surface area contributed by atoms with Gasteiger partial charge in [0.1, 0.15) is 0 Å². The molecule has 0 saturated carbocycles. The van der Waals surface area contributed by atoms with Crippen molar-refractivity contribution in [2.45, 2.75) is 16.0 Å². The number of rotatable bonds is 1. The Hall–Kier alpha value is -0.290. The summed E-state index contributed by atoms with van der Waals surface area (Å²) in [5.74, 6) is 0. The molecule has 0 aliphatic heterocycles. The van der Waals surface area contributed by atoms with E-state index in [0.29, 0.717) is 9.79 Å². The number of alkyl halides is 3. The maximum absolute atomic E-state index is 12.2. The number of hydrogen-bond acceptors (Lipinski definition) is 2. The lowest BCUT2D eigenvalue weighted by Crippen LogP contribution is -2.04. The number of thiol groups is 1. The summed E-state index contributed by atoms with van der Waals surface area (Å²) in [5, 5.41) is 0. The second-order valence-electron chi connectivity index (χ2n) is 2.38. The van der Waals surface area contributed by atoms with E-state index >= 15 is 0 Å². The maximum atomic E-state index is 12.2. The molecule has 0 atom stereocenters. The van der Waals surface area contributed by atoms with Crippen LogP contribution in [0.5, 0.6) is 0 Å². The first-order valence-electron chi connectivity index (χ1n) is 3.39. The third kappa shape index (κ3) is 2.57. The maximum Gasteiger partial charge on any atom is 0.416 e. The summed E-state index contributed by atoms with van der Waals surface area (Å²) in [5.41, 5.74) is -0.630. The van der Waals surface area contributed by atoms with Crippen molar-refractivity contribution in [2.75, 3.05) is 6.26 Å². The van der Waals surface area contributed by atoms with Gasteiger partial charge in [-0.25, -0.2) is 0 Å². The second-order valence-corrected chi connectivity index (χ2v) is 3.71. The SMILES string of the molecule is CSc1cc(C(F)(F)F)ccc1S. The van der Waals surface area contributed by atoms with Crippen LogP contribution < -0.4 is 0 Å². The summed E-state index contributed by atoms with van der Waals surface area (Å²) < 4.78 is 36.6. The fourth-order valence-electron chi connectivity index (χ4n) is 0.854. The molecule has 0 fully saturated rings. The zero-order valence-electron chi connectivity index (χ0n) is 6.72. The van der Waals surface area contributed by atoms with E-state index in [-0.39, 0.29) is 0 Å². The predicted molar refractivity (Wildman–Crippen MR) is 50.5 cm³/mol. The highest BCUT2D eigenvalue weighted by atomic mass is 32.2. The molecule has 1 aromatic carbocycles. The highest BCUT2D eigenvalue weighted by molar-refractivity contribution is 7.99. The average Bonchev–Trinajstić information content (AvgIpc) is 2.03. The van der Waals surface area contributed by atoms with Crippen LogP contribution in [0.2, 0.25) is 0 Å².